The molecule has 0 amide bonds. The van der Waals surface area contributed by atoms with Gasteiger partial charge in [0, 0.05) is 0 Å². The summed E-state index contributed by atoms with van der Waals surface area (Å²) < 4.78 is 77.0. The van der Waals surface area contributed by atoms with Crippen molar-refractivity contribution in [3.05, 3.63) is 72.8 Å². The van der Waals surface area contributed by atoms with Gasteiger partial charge in [0.05, 0.1) is 47.7 Å². The highest BCUT2D eigenvalue weighted by molar-refractivity contribution is 7.90. The van der Waals surface area contributed by atoms with E-state index in [9.17, 15) is 22.5 Å². The number of halogens is 3. The predicted octanol–water partition coefficient (Wildman–Crippen LogP) is 4.57. The number of benzene rings is 3. The molecule has 3 N–H and O–H groups in total. The summed E-state index contributed by atoms with van der Waals surface area (Å²) in [6.07, 6.45) is -5.98. The first-order valence-electron chi connectivity index (χ1n) is 11.0. The molecular weight excluding hydrogens is 499 g/mol. The number of para-hydroxylation sites is 4. The van der Waals surface area contributed by atoms with Crippen molar-refractivity contribution < 1.29 is 36.7 Å². The van der Waals surface area contributed by atoms with Gasteiger partial charge in [-0.1, -0.05) is 24.3 Å². The van der Waals surface area contributed by atoms with Crippen LogP contribution in [0.2, 0.25) is 0 Å². The van der Waals surface area contributed by atoms with Gasteiger partial charge in [-0.05, 0) is 48.5 Å². The molecule has 1 unspecified atom stereocenters. The second kappa shape index (κ2) is 9.28. The van der Waals surface area contributed by atoms with Crippen molar-refractivity contribution in [3.63, 3.8) is 0 Å². The van der Waals surface area contributed by atoms with Crippen LogP contribution in [0.25, 0.3) is 0 Å². The van der Waals surface area contributed by atoms with E-state index in [1.807, 2.05) is 53.4 Å². The predicted molar refractivity (Wildman–Crippen MR) is 125 cm³/mol. The SMILES string of the molecule is N=S(=O)(N[C@H]1COC[C@H](N2c3ccccc3Oc3ccccc32)[C@H]1O)c1ccc(OC(F)(F)F)cc1. The van der Waals surface area contributed by atoms with Crippen LogP contribution < -0.4 is 19.1 Å². The van der Waals surface area contributed by atoms with Gasteiger partial charge in [-0.25, -0.2) is 13.7 Å². The minimum atomic E-state index is -4.86. The highest BCUT2D eigenvalue weighted by atomic mass is 32.2. The lowest BCUT2D eigenvalue weighted by Crippen LogP contribution is -2.60. The first kappa shape index (κ1) is 24.4. The number of aliphatic hydroxyl groups is 1. The molecule has 190 valence electrons. The third-order valence-electron chi connectivity index (χ3n) is 5.90. The van der Waals surface area contributed by atoms with Crippen LogP contribution in [0.1, 0.15) is 0 Å². The van der Waals surface area contributed by atoms with Gasteiger partial charge in [0.1, 0.15) is 15.7 Å². The molecule has 4 atom stereocenters. The number of nitrogens with zero attached hydrogens (tertiary/aromatic N) is 1. The maximum atomic E-state index is 13.2. The molecule has 3 aromatic rings. The van der Waals surface area contributed by atoms with Crippen LogP contribution >= 0.6 is 0 Å². The molecule has 3 aromatic carbocycles. The van der Waals surface area contributed by atoms with Crippen molar-refractivity contribution in [1.82, 2.24) is 4.72 Å². The van der Waals surface area contributed by atoms with Crippen LogP contribution in [0, 0.1) is 4.78 Å². The second-order valence-electron chi connectivity index (χ2n) is 8.30. The summed E-state index contributed by atoms with van der Waals surface area (Å²) in [5.74, 6) is 0.708. The molecule has 12 heteroatoms. The zero-order valence-electron chi connectivity index (χ0n) is 18.6. The maximum Gasteiger partial charge on any atom is 0.573 e. The first-order valence-corrected chi connectivity index (χ1v) is 12.5. The molecule has 2 aliphatic rings. The van der Waals surface area contributed by atoms with Gasteiger partial charge >= 0.3 is 6.36 Å². The number of rotatable bonds is 5. The molecule has 0 saturated carbocycles. The van der Waals surface area contributed by atoms with Crippen molar-refractivity contribution in [2.45, 2.75) is 29.4 Å². The molecule has 2 heterocycles. The number of aliphatic hydroxyl groups excluding tert-OH is 1. The molecule has 0 aromatic heterocycles. The molecule has 1 saturated heterocycles. The Labute approximate surface area is 205 Å². The third-order valence-corrected chi connectivity index (χ3v) is 7.47. The summed E-state index contributed by atoms with van der Waals surface area (Å²) in [5, 5.41) is 11.3. The van der Waals surface area contributed by atoms with Gasteiger partial charge in [0.15, 0.2) is 11.5 Å². The topological polar surface area (TPSA) is 104 Å². The van der Waals surface area contributed by atoms with Gasteiger partial charge in [-0.2, -0.15) is 0 Å². The summed E-state index contributed by atoms with van der Waals surface area (Å²) in [5.41, 5.74) is 1.44. The largest absolute Gasteiger partial charge is 0.573 e. The number of hydrogen-bond acceptors (Lipinski definition) is 7. The van der Waals surface area contributed by atoms with Crippen molar-refractivity contribution in [1.29, 1.82) is 4.78 Å². The summed E-state index contributed by atoms with van der Waals surface area (Å²) in [6, 6.07) is 17.4. The average Bonchev–Trinajstić information content (AvgIpc) is 2.83. The quantitative estimate of drug-likeness (QED) is 0.455. The molecule has 8 nitrogen and oxygen atoms in total. The smallest absolute Gasteiger partial charge is 0.453 e. The van der Waals surface area contributed by atoms with E-state index < -0.39 is 40.2 Å². The van der Waals surface area contributed by atoms with Crippen LogP contribution in [0.4, 0.5) is 24.5 Å². The Hall–Kier alpha value is -3.32. The van der Waals surface area contributed by atoms with Crippen LogP contribution in [-0.2, 0) is 14.7 Å². The Bertz CT molecular complexity index is 1310. The Morgan fingerprint density at radius 3 is 2.14 bits per heavy atom. The fourth-order valence-electron chi connectivity index (χ4n) is 4.32. The highest BCUT2D eigenvalue weighted by Gasteiger charge is 2.41. The fourth-order valence-corrected chi connectivity index (χ4v) is 5.61. The third kappa shape index (κ3) is 4.85. The zero-order chi connectivity index (χ0) is 25.5. The van der Waals surface area contributed by atoms with E-state index in [2.05, 4.69) is 9.46 Å². The van der Waals surface area contributed by atoms with Gasteiger partial charge in [-0.15, -0.1) is 13.2 Å². The van der Waals surface area contributed by atoms with Crippen molar-refractivity contribution >= 4 is 21.3 Å². The number of ether oxygens (including phenoxy) is 3. The molecule has 1 fully saturated rings. The maximum absolute atomic E-state index is 13.2. The van der Waals surface area contributed by atoms with E-state index in [1.54, 1.807) is 0 Å². The van der Waals surface area contributed by atoms with Gasteiger partial charge in [0.2, 0.25) is 0 Å². The Balaban J connectivity index is 1.39. The van der Waals surface area contributed by atoms with Gasteiger partial charge in [0.25, 0.3) is 0 Å². The number of fused-ring (bicyclic) bond motifs is 2. The molecule has 0 bridgehead atoms. The molecule has 2 aliphatic heterocycles. The number of alkyl halides is 3. The summed E-state index contributed by atoms with van der Waals surface area (Å²) in [4.78, 5) is 1.84. The molecule has 0 radical (unpaired) electrons. The normalized spacial score (nSPS) is 23.1. The first-order chi connectivity index (χ1) is 17.1. The van der Waals surface area contributed by atoms with E-state index in [-0.39, 0.29) is 18.1 Å². The minimum absolute atomic E-state index is 0.0174. The van der Waals surface area contributed by atoms with Crippen molar-refractivity contribution in [2.24, 2.45) is 0 Å². The van der Waals surface area contributed by atoms with Crippen LogP contribution in [-0.4, -0.2) is 47.1 Å². The Kier molecular flexibility index (Phi) is 6.29. The molecule has 0 aliphatic carbocycles. The Morgan fingerprint density at radius 1 is 0.972 bits per heavy atom. The van der Waals surface area contributed by atoms with E-state index in [0.717, 1.165) is 35.6 Å². The van der Waals surface area contributed by atoms with Crippen LogP contribution in [0.5, 0.6) is 17.2 Å². The van der Waals surface area contributed by atoms with E-state index >= 15 is 0 Å². The second-order valence-corrected chi connectivity index (χ2v) is 10.1. The summed E-state index contributed by atoms with van der Waals surface area (Å²) in [7, 11) is -3.70. The highest BCUT2D eigenvalue weighted by Crippen LogP contribution is 2.48. The average molecular weight is 522 g/mol. The monoisotopic (exact) mass is 521 g/mol. The lowest BCUT2D eigenvalue weighted by atomic mass is 9.98. The lowest BCUT2D eigenvalue weighted by molar-refractivity contribution is -0.274. The number of nitrogens with one attached hydrogen (secondary N) is 2. The molecular formula is C24H22F3N3O5S. The number of hydrogen-bond donors (Lipinski definition) is 3. The number of anilines is 2. The van der Waals surface area contributed by atoms with E-state index in [4.69, 9.17) is 14.3 Å². The summed E-state index contributed by atoms with van der Waals surface area (Å²) >= 11 is 0. The van der Waals surface area contributed by atoms with Gasteiger partial charge in [-0.3, -0.25) is 0 Å². The molecule has 5 rings (SSSR count). The lowest BCUT2D eigenvalue weighted by Gasteiger charge is -2.44. The van der Waals surface area contributed by atoms with E-state index in [1.165, 1.54) is 0 Å². The van der Waals surface area contributed by atoms with Crippen LogP contribution in [0.3, 0.4) is 0 Å². The van der Waals surface area contributed by atoms with Crippen molar-refractivity contribution in [3.8, 4) is 17.2 Å². The minimum Gasteiger partial charge on any atom is -0.453 e. The van der Waals surface area contributed by atoms with Crippen molar-refractivity contribution in [2.75, 3.05) is 18.1 Å². The zero-order valence-corrected chi connectivity index (χ0v) is 19.5. The van der Waals surface area contributed by atoms with Gasteiger partial charge < -0.3 is 24.2 Å². The van der Waals surface area contributed by atoms with E-state index in [0.29, 0.717) is 11.5 Å². The fraction of sp³-hybridized carbons (Fsp3) is 0.250. The Morgan fingerprint density at radius 2 is 1.56 bits per heavy atom. The molecule has 0 spiro atoms. The molecule has 36 heavy (non-hydrogen) atoms. The summed E-state index contributed by atoms with van der Waals surface area (Å²) in [6.45, 7) is 0.140. The van der Waals surface area contributed by atoms with Crippen LogP contribution in [0.15, 0.2) is 77.7 Å². The standard InChI is InChI=1S/C24H22F3N3O5S/c25-24(26,27)35-15-9-11-16(12-10-15)36(28,32)29-17-13-33-14-20(23(17)31)30-18-5-1-3-7-21(18)34-22-8-4-2-6-19(22)30/h1-12,17,20,23,31H,13-14H2,(H2,28,29,32)/t17-,20-,23-,36?/m0/s1.